The van der Waals surface area contributed by atoms with Crippen molar-refractivity contribution < 1.29 is 8.42 Å². The molecule has 7 nitrogen and oxygen atoms in total. The van der Waals surface area contributed by atoms with Crippen LogP contribution < -0.4 is 0 Å². The minimum absolute atomic E-state index is 0.261. The van der Waals surface area contributed by atoms with E-state index < -0.39 is 15.8 Å². The van der Waals surface area contributed by atoms with Crippen molar-refractivity contribution in [1.29, 1.82) is 5.26 Å². The van der Waals surface area contributed by atoms with Gasteiger partial charge in [0.25, 0.3) is 0 Å². The minimum atomic E-state index is -3.55. The van der Waals surface area contributed by atoms with Crippen molar-refractivity contribution in [2.75, 3.05) is 18.8 Å². The average molecular weight is 339 g/mol. The third-order valence-corrected chi connectivity index (χ3v) is 5.72. The van der Waals surface area contributed by atoms with Crippen molar-refractivity contribution in [1.82, 2.24) is 19.3 Å². The lowest BCUT2D eigenvalue weighted by molar-refractivity contribution is 0.493. The van der Waals surface area contributed by atoms with Crippen molar-refractivity contribution in [2.24, 2.45) is 0 Å². The number of nitrogens with one attached hydrogen (secondary N) is 1. The van der Waals surface area contributed by atoms with Crippen LogP contribution in [0, 0.1) is 11.3 Å². The van der Waals surface area contributed by atoms with Gasteiger partial charge in [-0.05, 0) is 23.3 Å². The maximum Gasteiger partial charge on any atom is 0.228 e. The Kier molecular flexibility index (Phi) is 3.33. The maximum atomic E-state index is 12.1. The quantitative estimate of drug-likeness (QED) is 0.782. The Balaban J connectivity index is 1.81. The normalized spacial score (nSPS) is 15.7. The lowest BCUT2D eigenvalue weighted by Crippen LogP contribution is -2.30. The molecule has 0 saturated heterocycles. The number of pyridine rings is 2. The van der Waals surface area contributed by atoms with Crippen LogP contribution >= 0.6 is 0 Å². The van der Waals surface area contributed by atoms with Crippen molar-refractivity contribution in [3.05, 3.63) is 42.4 Å². The van der Waals surface area contributed by atoms with Gasteiger partial charge in [0.2, 0.25) is 10.0 Å². The summed E-state index contributed by atoms with van der Waals surface area (Å²) >= 11 is 0. The van der Waals surface area contributed by atoms with Crippen molar-refractivity contribution in [3.63, 3.8) is 0 Å². The predicted molar refractivity (Wildman–Crippen MR) is 90.3 cm³/mol. The zero-order chi connectivity index (χ0) is 16.7. The number of sulfonamides is 1. The van der Waals surface area contributed by atoms with Crippen molar-refractivity contribution in [3.8, 4) is 6.07 Å². The number of H-pyrrole nitrogens is 1. The van der Waals surface area contributed by atoms with E-state index in [0.717, 1.165) is 33.1 Å². The Morgan fingerprint density at radius 3 is 3.04 bits per heavy atom. The first kappa shape index (κ1) is 14.8. The van der Waals surface area contributed by atoms with Gasteiger partial charge in [-0.1, -0.05) is 6.08 Å². The Bertz CT molecular complexity index is 1120. The molecule has 1 aliphatic heterocycles. The number of hydrogen-bond acceptors (Lipinski definition) is 5. The summed E-state index contributed by atoms with van der Waals surface area (Å²) < 4.78 is 25.5. The summed E-state index contributed by atoms with van der Waals surface area (Å²) in [5.41, 5.74) is 3.39. The lowest BCUT2D eigenvalue weighted by Gasteiger charge is -2.15. The van der Waals surface area contributed by atoms with E-state index >= 15 is 0 Å². The summed E-state index contributed by atoms with van der Waals surface area (Å²) in [5, 5.41) is 10.6. The second-order valence-corrected chi connectivity index (χ2v) is 7.52. The van der Waals surface area contributed by atoms with Gasteiger partial charge in [0, 0.05) is 36.3 Å². The number of nitriles is 1. The first-order valence-electron chi connectivity index (χ1n) is 7.35. The molecule has 1 N–H and O–H groups in total. The third-order valence-electron chi connectivity index (χ3n) is 4.17. The van der Waals surface area contributed by atoms with E-state index in [4.69, 9.17) is 5.26 Å². The van der Waals surface area contributed by atoms with E-state index in [1.807, 2.05) is 24.4 Å². The van der Waals surface area contributed by atoms with Gasteiger partial charge in [0.1, 0.15) is 5.65 Å². The van der Waals surface area contributed by atoms with E-state index in [1.54, 1.807) is 18.5 Å². The van der Waals surface area contributed by atoms with Crippen LogP contribution in [0.15, 0.2) is 36.8 Å². The average Bonchev–Trinajstić information content (AvgIpc) is 3.23. The Morgan fingerprint density at radius 1 is 1.33 bits per heavy atom. The highest BCUT2D eigenvalue weighted by molar-refractivity contribution is 7.89. The number of rotatable bonds is 3. The van der Waals surface area contributed by atoms with Crippen molar-refractivity contribution >= 4 is 37.5 Å². The number of fused-ring (bicyclic) bond motifs is 3. The van der Waals surface area contributed by atoms with Crippen LogP contribution in [0.1, 0.15) is 5.56 Å². The van der Waals surface area contributed by atoms with Gasteiger partial charge in [-0.15, -0.1) is 0 Å². The largest absolute Gasteiger partial charge is 0.346 e. The fraction of sp³-hybridized carbons (Fsp3) is 0.188. The molecule has 0 amide bonds. The van der Waals surface area contributed by atoms with Crippen LogP contribution in [0.3, 0.4) is 0 Å². The molecular formula is C16H13N5O2S. The Labute approximate surface area is 138 Å². The molecular weight excluding hydrogens is 326 g/mol. The summed E-state index contributed by atoms with van der Waals surface area (Å²) in [6.07, 6.45) is 7.12. The maximum absolute atomic E-state index is 12.1. The van der Waals surface area contributed by atoms with Crippen molar-refractivity contribution in [2.45, 2.75) is 0 Å². The molecule has 0 unspecified atom stereocenters. The zero-order valence-electron chi connectivity index (χ0n) is 12.6. The molecule has 0 atom stereocenters. The second-order valence-electron chi connectivity index (χ2n) is 5.55. The Hall–Kier alpha value is -2.76. The Morgan fingerprint density at radius 2 is 2.21 bits per heavy atom. The van der Waals surface area contributed by atoms with Gasteiger partial charge in [0.15, 0.2) is 5.75 Å². The summed E-state index contributed by atoms with van der Waals surface area (Å²) in [7, 11) is -3.55. The molecule has 1 aliphatic rings. The highest BCUT2D eigenvalue weighted by Gasteiger charge is 2.27. The molecule has 4 heterocycles. The molecule has 120 valence electrons. The topological polar surface area (TPSA) is 103 Å². The standard InChI is InChI=1S/C16H13N5O2S/c17-4-8-24(22,23)21-7-3-11(10-21)12-1-5-18-14-9-20-16-13(15(12)14)2-6-19-16/h1-3,5-6,9H,7-8,10H2,(H,19,20). The van der Waals surface area contributed by atoms with E-state index in [2.05, 4.69) is 15.0 Å². The molecule has 3 aromatic rings. The molecule has 0 aliphatic carbocycles. The zero-order valence-corrected chi connectivity index (χ0v) is 13.4. The second kappa shape index (κ2) is 5.40. The summed E-state index contributed by atoms with van der Waals surface area (Å²) in [6.45, 7) is 0.544. The lowest BCUT2D eigenvalue weighted by atomic mass is 10.0. The van der Waals surface area contributed by atoms with Crippen LogP contribution in [-0.2, 0) is 10.0 Å². The van der Waals surface area contributed by atoms with Gasteiger partial charge in [-0.3, -0.25) is 4.98 Å². The monoisotopic (exact) mass is 339 g/mol. The molecule has 0 aromatic carbocycles. The third kappa shape index (κ3) is 2.26. The molecule has 0 saturated carbocycles. The number of aromatic amines is 1. The molecule has 3 aromatic heterocycles. The van der Waals surface area contributed by atoms with Crippen LogP contribution in [0.25, 0.3) is 27.5 Å². The fourth-order valence-corrected chi connectivity index (χ4v) is 4.02. The molecule has 0 fully saturated rings. The minimum Gasteiger partial charge on any atom is -0.346 e. The van der Waals surface area contributed by atoms with Crippen LogP contribution in [0.4, 0.5) is 0 Å². The smallest absolute Gasteiger partial charge is 0.228 e. The molecule has 8 heteroatoms. The summed E-state index contributed by atoms with van der Waals surface area (Å²) in [4.78, 5) is 11.8. The molecule has 0 bridgehead atoms. The highest BCUT2D eigenvalue weighted by atomic mass is 32.2. The predicted octanol–water partition coefficient (Wildman–Crippen LogP) is 1.66. The van der Waals surface area contributed by atoms with E-state index in [1.165, 1.54) is 4.31 Å². The van der Waals surface area contributed by atoms with Gasteiger partial charge < -0.3 is 4.98 Å². The first-order valence-corrected chi connectivity index (χ1v) is 8.96. The molecule has 0 radical (unpaired) electrons. The van der Waals surface area contributed by atoms with E-state index in [-0.39, 0.29) is 13.1 Å². The summed E-state index contributed by atoms with van der Waals surface area (Å²) in [6, 6.07) is 5.54. The van der Waals surface area contributed by atoms with Gasteiger partial charge in [-0.2, -0.15) is 9.57 Å². The van der Waals surface area contributed by atoms with Gasteiger partial charge in [0.05, 0.1) is 17.8 Å². The number of nitrogens with zero attached hydrogens (tertiary/aromatic N) is 4. The van der Waals surface area contributed by atoms with Crippen LogP contribution in [0.5, 0.6) is 0 Å². The van der Waals surface area contributed by atoms with E-state index in [0.29, 0.717) is 0 Å². The molecule has 4 rings (SSSR count). The SMILES string of the molecule is N#CCS(=O)(=O)N1CC=C(c2ccnc3cnc4[nH]ccc4c23)C1. The van der Waals surface area contributed by atoms with Crippen LogP contribution in [0.2, 0.25) is 0 Å². The van der Waals surface area contributed by atoms with Gasteiger partial charge >= 0.3 is 0 Å². The highest BCUT2D eigenvalue weighted by Crippen LogP contribution is 2.32. The first-order chi connectivity index (χ1) is 11.6. The van der Waals surface area contributed by atoms with Crippen LogP contribution in [-0.4, -0.2) is 46.5 Å². The van der Waals surface area contributed by atoms with Gasteiger partial charge in [-0.25, -0.2) is 13.4 Å². The number of hydrogen-bond donors (Lipinski definition) is 1. The molecule has 0 spiro atoms. The number of aromatic nitrogens is 3. The summed E-state index contributed by atoms with van der Waals surface area (Å²) in [5.74, 6) is -0.503. The fourth-order valence-electron chi connectivity index (χ4n) is 3.03. The van der Waals surface area contributed by atoms with E-state index in [9.17, 15) is 8.42 Å². The molecule has 24 heavy (non-hydrogen) atoms.